The highest BCUT2D eigenvalue weighted by Gasteiger charge is 2.22. The minimum Gasteiger partial charge on any atom is -0.206 e. The van der Waals surface area contributed by atoms with Crippen LogP contribution in [0, 0.1) is 35.2 Å². The van der Waals surface area contributed by atoms with E-state index >= 15 is 0 Å². The van der Waals surface area contributed by atoms with Gasteiger partial charge < -0.3 is 0 Å². The first-order valence-corrected chi connectivity index (χ1v) is 11.2. The molecule has 0 unspecified atom stereocenters. The lowest BCUT2D eigenvalue weighted by atomic mass is 9.77. The number of halogens is 3. The Bertz CT molecular complexity index is 1130. The fourth-order valence-electron chi connectivity index (χ4n) is 4.65. The molecule has 0 spiro atoms. The van der Waals surface area contributed by atoms with Crippen LogP contribution in [0.2, 0.25) is 0 Å². The molecule has 0 N–H and O–H groups in total. The molecule has 4 rings (SSSR count). The average Bonchev–Trinajstić information content (AvgIpc) is 2.79. The van der Waals surface area contributed by atoms with E-state index in [0.29, 0.717) is 22.4 Å². The van der Waals surface area contributed by atoms with Gasteiger partial charge in [-0.25, -0.2) is 13.2 Å². The van der Waals surface area contributed by atoms with Gasteiger partial charge in [0, 0.05) is 10.9 Å². The summed E-state index contributed by atoms with van der Waals surface area (Å²) in [6.45, 7) is 2.24. The molecule has 1 fully saturated rings. The van der Waals surface area contributed by atoms with Crippen molar-refractivity contribution >= 4 is 10.8 Å². The van der Waals surface area contributed by atoms with E-state index in [1.807, 2.05) is 6.07 Å². The third-order valence-corrected chi connectivity index (χ3v) is 6.53. The van der Waals surface area contributed by atoms with Crippen molar-refractivity contribution in [1.29, 1.82) is 0 Å². The van der Waals surface area contributed by atoms with E-state index in [1.165, 1.54) is 44.2 Å². The van der Waals surface area contributed by atoms with Crippen molar-refractivity contribution in [2.45, 2.75) is 57.8 Å². The molecule has 0 aromatic heterocycles. The van der Waals surface area contributed by atoms with Crippen LogP contribution in [-0.2, 0) is 0 Å². The summed E-state index contributed by atoms with van der Waals surface area (Å²) in [7, 11) is 0. The highest BCUT2D eigenvalue weighted by Crippen LogP contribution is 2.38. The van der Waals surface area contributed by atoms with Crippen molar-refractivity contribution in [2.24, 2.45) is 5.92 Å². The highest BCUT2D eigenvalue weighted by atomic mass is 19.2. The fourth-order valence-corrected chi connectivity index (χ4v) is 4.65. The van der Waals surface area contributed by atoms with Gasteiger partial charge in [-0.2, -0.15) is 0 Å². The molecule has 3 aromatic carbocycles. The van der Waals surface area contributed by atoms with E-state index in [9.17, 15) is 13.2 Å². The molecule has 0 bridgehead atoms. The summed E-state index contributed by atoms with van der Waals surface area (Å²) in [5, 5.41) is 0.779. The zero-order valence-corrected chi connectivity index (χ0v) is 17.9. The maximum Gasteiger partial charge on any atom is 0.166 e. The molecule has 0 radical (unpaired) electrons. The van der Waals surface area contributed by atoms with Crippen LogP contribution in [0.5, 0.6) is 0 Å². The molecule has 31 heavy (non-hydrogen) atoms. The monoisotopic (exact) mass is 420 g/mol. The van der Waals surface area contributed by atoms with Crippen molar-refractivity contribution in [1.82, 2.24) is 0 Å². The maximum absolute atomic E-state index is 14.7. The Hall–Kier alpha value is -2.73. The van der Waals surface area contributed by atoms with Crippen LogP contribution in [0.4, 0.5) is 13.2 Å². The molecule has 0 heterocycles. The van der Waals surface area contributed by atoms with Gasteiger partial charge in [-0.15, -0.1) is 0 Å². The fraction of sp³-hybridized carbons (Fsp3) is 0.357. The van der Waals surface area contributed by atoms with Crippen LogP contribution in [0.3, 0.4) is 0 Å². The van der Waals surface area contributed by atoms with Crippen LogP contribution >= 0.6 is 0 Å². The molecule has 1 saturated carbocycles. The molecule has 0 saturated heterocycles. The summed E-state index contributed by atoms with van der Waals surface area (Å²) in [4.78, 5) is 0. The zero-order valence-electron chi connectivity index (χ0n) is 17.9. The maximum atomic E-state index is 14.7. The summed E-state index contributed by atoms with van der Waals surface area (Å²) in [6, 6.07) is 12.8. The van der Waals surface area contributed by atoms with E-state index in [-0.39, 0.29) is 11.2 Å². The van der Waals surface area contributed by atoms with Gasteiger partial charge in [0.25, 0.3) is 0 Å². The van der Waals surface area contributed by atoms with Gasteiger partial charge in [-0.05, 0) is 78.8 Å². The Morgan fingerprint density at radius 1 is 0.839 bits per heavy atom. The number of fused-ring (bicyclic) bond motifs is 1. The Balaban J connectivity index is 1.47. The standard InChI is InChI=1S/C28H27F3/c1-2-3-4-19-5-9-21(10-6-19)23-13-12-22(27(30)18-23)11-7-20-8-15-25-24(17-20)14-16-26(29)28(25)31/h8,12-19,21H,2-6,9-10H2,1H3. The normalized spacial score (nSPS) is 18.6. The topological polar surface area (TPSA) is 0 Å². The minimum atomic E-state index is -0.872. The molecule has 1 aliphatic carbocycles. The van der Waals surface area contributed by atoms with Gasteiger partial charge in [-0.3, -0.25) is 0 Å². The van der Waals surface area contributed by atoms with Crippen LogP contribution < -0.4 is 0 Å². The Morgan fingerprint density at radius 2 is 1.65 bits per heavy atom. The van der Waals surface area contributed by atoms with Gasteiger partial charge in [0.05, 0.1) is 5.56 Å². The van der Waals surface area contributed by atoms with Gasteiger partial charge in [0.1, 0.15) is 5.82 Å². The third-order valence-electron chi connectivity index (χ3n) is 6.53. The first-order chi connectivity index (χ1) is 15.0. The number of rotatable bonds is 4. The molecule has 3 aromatic rings. The van der Waals surface area contributed by atoms with Gasteiger partial charge in [0.15, 0.2) is 11.6 Å². The van der Waals surface area contributed by atoms with Gasteiger partial charge >= 0.3 is 0 Å². The van der Waals surface area contributed by atoms with Crippen LogP contribution in [0.1, 0.15) is 74.5 Å². The second-order valence-electron chi connectivity index (χ2n) is 8.65. The van der Waals surface area contributed by atoms with Gasteiger partial charge in [0.2, 0.25) is 0 Å². The average molecular weight is 421 g/mol. The van der Waals surface area contributed by atoms with Crippen LogP contribution in [0.25, 0.3) is 10.8 Å². The molecule has 3 heteroatoms. The molecule has 160 valence electrons. The quantitative estimate of drug-likeness (QED) is 0.374. The Labute approximate surface area is 182 Å². The van der Waals surface area contributed by atoms with Crippen molar-refractivity contribution in [2.75, 3.05) is 0 Å². The smallest absolute Gasteiger partial charge is 0.166 e. The zero-order chi connectivity index (χ0) is 21.8. The summed E-state index contributed by atoms with van der Waals surface area (Å²) in [6.07, 6.45) is 8.62. The summed E-state index contributed by atoms with van der Waals surface area (Å²) in [5.74, 6) is 5.07. The lowest BCUT2D eigenvalue weighted by Crippen LogP contribution is -2.13. The first kappa shape index (κ1) is 21.5. The number of unbranched alkanes of at least 4 members (excludes halogenated alkanes) is 1. The number of hydrogen-bond acceptors (Lipinski definition) is 0. The second-order valence-corrected chi connectivity index (χ2v) is 8.65. The van der Waals surface area contributed by atoms with Crippen molar-refractivity contribution < 1.29 is 13.2 Å². The number of benzene rings is 3. The lowest BCUT2D eigenvalue weighted by molar-refractivity contribution is 0.304. The Kier molecular flexibility index (Phi) is 6.66. The highest BCUT2D eigenvalue weighted by molar-refractivity contribution is 5.84. The van der Waals surface area contributed by atoms with E-state index < -0.39 is 11.6 Å². The SMILES string of the molecule is CCCCC1CCC(c2ccc(C#Cc3ccc4c(F)c(F)ccc4c3)c(F)c2)CC1. The second kappa shape index (κ2) is 9.60. The van der Waals surface area contributed by atoms with Crippen molar-refractivity contribution in [3.8, 4) is 11.8 Å². The summed E-state index contributed by atoms with van der Waals surface area (Å²) >= 11 is 0. The molecule has 0 nitrogen and oxygen atoms in total. The summed E-state index contributed by atoms with van der Waals surface area (Å²) < 4.78 is 41.9. The van der Waals surface area contributed by atoms with Crippen molar-refractivity contribution in [3.63, 3.8) is 0 Å². The molecular weight excluding hydrogens is 393 g/mol. The third kappa shape index (κ3) is 4.96. The van der Waals surface area contributed by atoms with E-state index in [0.717, 1.165) is 30.4 Å². The van der Waals surface area contributed by atoms with E-state index in [1.54, 1.807) is 24.3 Å². The molecule has 1 aliphatic rings. The minimum absolute atomic E-state index is 0.213. The largest absolute Gasteiger partial charge is 0.206 e. The van der Waals surface area contributed by atoms with E-state index in [4.69, 9.17) is 0 Å². The molecular formula is C28H27F3. The van der Waals surface area contributed by atoms with Crippen LogP contribution in [0.15, 0.2) is 48.5 Å². The van der Waals surface area contributed by atoms with Gasteiger partial charge in [-0.1, -0.05) is 56.2 Å². The molecule has 0 amide bonds. The van der Waals surface area contributed by atoms with Crippen molar-refractivity contribution in [3.05, 3.63) is 82.7 Å². The predicted molar refractivity (Wildman–Crippen MR) is 120 cm³/mol. The van der Waals surface area contributed by atoms with Crippen LogP contribution in [-0.4, -0.2) is 0 Å². The number of hydrogen-bond donors (Lipinski definition) is 0. The Morgan fingerprint density at radius 3 is 2.39 bits per heavy atom. The molecule has 0 aliphatic heterocycles. The predicted octanol–water partition coefficient (Wildman–Crippen LogP) is 8.12. The lowest BCUT2D eigenvalue weighted by Gasteiger charge is -2.28. The molecule has 0 atom stereocenters. The summed E-state index contributed by atoms with van der Waals surface area (Å²) in [5.41, 5.74) is 2.05. The van der Waals surface area contributed by atoms with E-state index in [2.05, 4.69) is 18.8 Å². The first-order valence-electron chi connectivity index (χ1n) is 11.2.